The normalized spacial score (nSPS) is 22.3. The third kappa shape index (κ3) is 3.13. The van der Waals surface area contributed by atoms with E-state index in [2.05, 4.69) is 20.5 Å². The van der Waals surface area contributed by atoms with Crippen LogP contribution in [0.3, 0.4) is 0 Å². The van der Waals surface area contributed by atoms with Crippen molar-refractivity contribution in [2.75, 3.05) is 20.2 Å². The highest BCUT2D eigenvalue weighted by Crippen LogP contribution is 2.42. The summed E-state index contributed by atoms with van der Waals surface area (Å²) in [5.41, 5.74) is 2.40. The Morgan fingerprint density at radius 3 is 3.10 bits per heavy atom. The minimum atomic E-state index is -0.950. The average Bonchev–Trinajstić information content (AvgIpc) is 3.32. The van der Waals surface area contributed by atoms with Crippen LogP contribution in [0.25, 0.3) is 17.1 Å². The second-order valence-electron chi connectivity index (χ2n) is 7.54. The number of benzene rings is 1. The van der Waals surface area contributed by atoms with Gasteiger partial charge in [-0.2, -0.15) is 5.10 Å². The Bertz CT molecular complexity index is 1160. The molecule has 154 valence electrons. The molecule has 0 radical (unpaired) electrons. The number of aromatic nitrogens is 3. The monoisotopic (exact) mass is 408 g/mol. The van der Waals surface area contributed by atoms with Gasteiger partial charge in [-0.05, 0) is 49.6 Å². The third-order valence-electron chi connectivity index (χ3n) is 5.76. The van der Waals surface area contributed by atoms with Gasteiger partial charge in [0.15, 0.2) is 11.4 Å². The van der Waals surface area contributed by atoms with Gasteiger partial charge < -0.3 is 14.8 Å². The summed E-state index contributed by atoms with van der Waals surface area (Å²) in [4.78, 5) is 17.2. The van der Waals surface area contributed by atoms with Crippen LogP contribution in [0, 0.1) is 5.92 Å². The molecule has 7 nitrogen and oxygen atoms in total. The van der Waals surface area contributed by atoms with Crippen molar-refractivity contribution in [2.24, 2.45) is 5.92 Å². The number of ketones is 1. The van der Waals surface area contributed by atoms with Gasteiger partial charge in [0, 0.05) is 29.8 Å². The number of H-pyrrole nitrogens is 1. The molecule has 30 heavy (non-hydrogen) atoms. The largest absolute Gasteiger partial charge is 0.496 e. The summed E-state index contributed by atoms with van der Waals surface area (Å²) >= 11 is 0. The maximum atomic E-state index is 14.4. The third-order valence-corrected chi connectivity index (χ3v) is 5.76. The van der Waals surface area contributed by atoms with Gasteiger partial charge in [-0.1, -0.05) is 0 Å². The van der Waals surface area contributed by atoms with Gasteiger partial charge >= 0.3 is 0 Å². The molecule has 2 atom stereocenters. The average molecular weight is 408 g/mol. The fourth-order valence-electron chi connectivity index (χ4n) is 4.15. The molecule has 2 N–H and O–H groups in total. The molecule has 4 heterocycles. The van der Waals surface area contributed by atoms with Gasteiger partial charge in [0.2, 0.25) is 5.78 Å². The summed E-state index contributed by atoms with van der Waals surface area (Å²) in [7, 11) is 1.57. The molecule has 5 rings (SSSR count). The molecular formula is C22H21FN4O3. The van der Waals surface area contributed by atoms with E-state index in [1.54, 1.807) is 37.6 Å². The molecule has 1 fully saturated rings. The second-order valence-corrected chi connectivity index (χ2v) is 7.54. The van der Waals surface area contributed by atoms with Gasteiger partial charge in [0.1, 0.15) is 17.7 Å². The van der Waals surface area contributed by atoms with Crippen LogP contribution < -0.4 is 14.8 Å². The molecule has 0 saturated carbocycles. The topological polar surface area (TPSA) is 89.1 Å². The fourth-order valence-corrected chi connectivity index (χ4v) is 4.15. The maximum absolute atomic E-state index is 14.4. The number of carbonyl (C=O) groups is 1. The van der Waals surface area contributed by atoms with Crippen molar-refractivity contribution in [1.29, 1.82) is 0 Å². The number of nitrogens with one attached hydrogen (secondary N) is 2. The van der Waals surface area contributed by atoms with E-state index < -0.39 is 6.17 Å². The standard InChI is InChI=1S/C22H21FN4O3/c1-29-18-5-4-14-20(28)19(10-17-13-3-2-7-25-22(13)27-26-17)30-21(14)15(18)9-12-6-8-24-11-16(12)23/h2-5,7,10,12,16,24H,6,8-9,11H2,1H3,(H,25,26,27)/b19-10-/t12-,16+/m1/s1. The van der Waals surface area contributed by atoms with E-state index in [1.165, 1.54) is 0 Å². The predicted molar refractivity (Wildman–Crippen MR) is 109 cm³/mol. The Balaban J connectivity index is 1.52. The van der Waals surface area contributed by atoms with Crippen LogP contribution in [0.15, 0.2) is 36.2 Å². The van der Waals surface area contributed by atoms with Crippen LogP contribution in [0.1, 0.15) is 28.0 Å². The molecular weight excluding hydrogens is 387 g/mol. The number of fused-ring (bicyclic) bond motifs is 2. The van der Waals surface area contributed by atoms with Gasteiger partial charge in [0.05, 0.1) is 18.4 Å². The van der Waals surface area contributed by atoms with E-state index in [0.29, 0.717) is 41.4 Å². The van der Waals surface area contributed by atoms with Crippen LogP contribution in [-0.2, 0) is 6.42 Å². The molecule has 0 aliphatic carbocycles. The lowest BCUT2D eigenvalue weighted by atomic mass is 9.88. The molecule has 8 heteroatoms. The first-order valence-electron chi connectivity index (χ1n) is 9.93. The molecule has 1 saturated heterocycles. The zero-order chi connectivity index (χ0) is 20.7. The van der Waals surface area contributed by atoms with E-state index in [-0.39, 0.29) is 17.5 Å². The summed E-state index contributed by atoms with van der Waals surface area (Å²) in [6, 6.07) is 7.13. The fraction of sp³-hybridized carbons (Fsp3) is 0.318. The van der Waals surface area contributed by atoms with Crippen molar-refractivity contribution in [3.63, 3.8) is 0 Å². The number of methoxy groups -OCH3 is 1. The SMILES string of the molecule is COc1ccc2c(c1C[C@H]1CCNC[C@@H]1F)O/C(=C\c1n[nH]c3ncccc13)C2=O. The minimum absolute atomic E-state index is 0.153. The first kappa shape index (κ1) is 18.7. The quantitative estimate of drug-likeness (QED) is 0.645. The number of piperidine rings is 1. The Morgan fingerprint density at radius 2 is 2.27 bits per heavy atom. The van der Waals surface area contributed by atoms with Gasteiger partial charge in [-0.15, -0.1) is 0 Å². The predicted octanol–water partition coefficient (Wildman–Crippen LogP) is 3.07. The molecule has 3 aromatic rings. The Kier molecular flexibility index (Phi) is 4.71. The number of hydrogen-bond donors (Lipinski definition) is 2. The van der Waals surface area contributed by atoms with Crippen molar-refractivity contribution >= 4 is 22.9 Å². The number of rotatable bonds is 4. The smallest absolute Gasteiger partial charge is 0.232 e. The Labute approximate surface area is 172 Å². The molecule has 2 aromatic heterocycles. The number of ether oxygens (including phenoxy) is 2. The lowest BCUT2D eigenvalue weighted by Crippen LogP contribution is -2.38. The van der Waals surface area contributed by atoms with E-state index >= 15 is 0 Å². The number of pyridine rings is 1. The van der Waals surface area contributed by atoms with Gasteiger partial charge in [-0.3, -0.25) is 9.89 Å². The molecule has 0 amide bonds. The summed E-state index contributed by atoms with van der Waals surface area (Å²) < 4.78 is 26.0. The Morgan fingerprint density at radius 1 is 1.37 bits per heavy atom. The summed E-state index contributed by atoms with van der Waals surface area (Å²) in [6.45, 7) is 1.11. The molecule has 0 bridgehead atoms. The number of halogens is 1. The molecule has 1 aromatic carbocycles. The first-order valence-corrected chi connectivity index (χ1v) is 9.93. The number of hydrogen-bond acceptors (Lipinski definition) is 6. The first-order chi connectivity index (χ1) is 14.7. The van der Waals surface area contributed by atoms with Crippen molar-refractivity contribution in [3.8, 4) is 11.5 Å². The van der Waals surface area contributed by atoms with Crippen LogP contribution >= 0.6 is 0 Å². The zero-order valence-electron chi connectivity index (χ0n) is 16.4. The summed E-state index contributed by atoms with van der Waals surface area (Å²) in [5.74, 6) is 0.854. The number of allylic oxidation sites excluding steroid dienone is 1. The highest BCUT2D eigenvalue weighted by molar-refractivity contribution is 6.15. The number of Topliss-reactive ketones (excluding diaryl/α,β-unsaturated/α-hetero) is 1. The van der Waals surface area contributed by atoms with Crippen molar-refractivity contribution in [1.82, 2.24) is 20.5 Å². The van der Waals surface area contributed by atoms with Gasteiger partial charge in [0.25, 0.3) is 0 Å². The molecule has 0 spiro atoms. The molecule has 2 aliphatic heterocycles. The highest BCUT2D eigenvalue weighted by atomic mass is 19.1. The van der Waals surface area contributed by atoms with Crippen LogP contribution in [0.5, 0.6) is 11.5 Å². The van der Waals surface area contributed by atoms with Crippen molar-refractivity contribution in [3.05, 3.63) is 53.0 Å². The maximum Gasteiger partial charge on any atom is 0.232 e. The second kappa shape index (κ2) is 7.53. The number of nitrogens with zero attached hydrogens (tertiary/aromatic N) is 2. The van der Waals surface area contributed by atoms with Crippen LogP contribution in [0.2, 0.25) is 0 Å². The summed E-state index contributed by atoms with van der Waals surface area (Å²) in [6.07, 6.45) is 3.50. The Hall–Kier alpha value is -3.26. The summed E-state index contributed by atoms with van der Waals surface area (Å²) in [5, 5.41) is 11.0. The van der Waals surface area contributed by atoms with Gasteiger partial charge in [-0.25, -0.2) is 9.37 Å². The zero-order valence-corrected chi connectivity index (χ0v) is 16.4. The lowest BCUT2D eigenvalue weighted by Gasteiger charge is -2.27. The van der Waals surface area contributed by atoms with Crippen molar-refractivity contribution < 1.29 is 18.7 Å². The number of alkyl halides is 1. The number of aromatic amines is 1. The molecule has 2 aliphatic rings. The highest BCUT2D eigenvalue weighted by Gasteiger charge is 2.34. The van der Waals surface area contributed by atoms with E-state index in [1.807, 2.05) is 6.07 Å². The number of carbonyl (C=O) groups excluding carboxylic acids is 1. The van der Waals surface area contributed by atoms with E-state index in [9.17, 15) is 9.18 Å². The lowest BCUT2D eigenvalue weighted by molar-refractivity contribution is 0.101. The minimum Gasteiger partial charge on any atom is -0.496 e. The van der Waals surface area contributed by atoms with Crippen molar-refractivity contribution in [2.45, 2.75) is 19.0 Å². The van der Waals surface area contributed by atoms with E-state index in [4.69, 9.17) is 9.47 Å². The van der Waals surface area contributed by atoms with E-state index in [0.717, 1.165) is 23.9 Å². The van der Waals surface area contributed by atoms with Crippen LogP contribution in [0.4, 0.5) is 4.39 Å². The molecule has 0 unspecified atom stereocenters. The van der Waals surface area contributed by atoms with Crippen LogP contribution in [-0.4, -0.2) is 47.3 Å².